The van der Waals surface area contributed by atoms with Crippen LogP contribution in [0.25, 0.3) is 10.2 Å². The maximum atomic E-state index is 11.0. The van der Waals surface area contributed by atoms with Gasteiger partial charge >= 0.3 is 4.87 Å². The van der Waals surface area contributed by atoms with Gasteiger partial charge in [-0.3, -0.25) is 4.79 Å². The van der Waals surface area contributed by atoms with Crippen molar-refractivity contribution in [3.63, 3.8) is 0 Å². The highest BCUT2D eigenvalue weighted by molar-refractivity contribution is 9.09. The van der Waals surface area contributed by atoms with E-state index < -0.39 is 0 Å². The molecule has 2 nitrogen and oxygen atoms in total. The molecule has 0 atom stereocenters. The van der Waals surface area contributed by atoms with Crippen molar-refractivity contribution in [3.8, 4) is 11.8 Å². The van der Waals surface area contributed by atoms with Crippen LogP contribution < -0.4 is 4.87 Å². The molecular formula is C10H6BrNOS. The minimum atomic E-state index is -0.0226. The van der Waals surface area contributed by atoms with Crippen LogP contribution in [0.3, 0.4) is 0 Å². The number of fused-ring (bicyclic) bond motifs is 1. The van der Waals surface area contributed by atoms with Crippen LogP contribution in [0.2, 0.25) is 0 Å². The molecule has 0 aliphatic rings. The van der Waals surface area contributed by atoms with Gasteiger partial charge < -0.3 is 4.98 Å². The van der Waals surface area contributed by atoms with E-state index in [-0.39, 0.29) is 4.87 Å². The molecule has 1 aromatic heterocycles. The number of H-pyrrole nitrogens is 1. The second kappa shape index (κ2) is 3.99. The summed E-state index contributed by atoms with van der Waals surface area (Å²) in [6.07, 6.45) is 0. The fraction of sp³-hybridized carbons (Fsp3) is 0.100. The number of thiazole rings is 1. The van der Waals surface area contributed by atoms with Crippen LogP contribution in [-0.2, 0) is 0 Å². The highest BCUT2D eigenvalue weighted by Crippen LogP contribution is 2.15. The van der Waals surface area contributed by atoms with E-state index in [9.17, 15) is 4.79 Å². The van der Waals surface area contributed by atoms with E-state index in [4.69, 9.17) is 0 Å². The summed E-state index contributed by atoms with van der Waals surface area (Å²) in [5.74, 6) is 5.91. The Morgan fingerprint density at radius 1 is 1.50 bits per heavy atom. The Morgan fingerprint density at radius 2 is 2.36 bits per heavy atom. The van der Waals surface area contributed by atoms with Crippen molar-refractivity contribution in [2.24, 2.45) is 0 Å². The first kappa shape index (κ1) is 9.50. The first-order valence-corrected chi connectivity index (χ1v) is 5.91. The predicted molar refractivity (Wildman–Crippen MR) is 63.1 cm³/mol. The first-order valence-electron chi connectivity index (χ1n) is 3.97. The molecule has 1 heterocycles. The van der Waals surface area contributed by atoms with E-state index in [2.05, 4.69) is 32.8 Å². The highest BCUT2D eigenvalue weighted by atomic mass is 79.9. The second-order valence-corrected chi connectivity index (χ2v) is 4.24. The molecule has 1 aromatic carbocycles. The molecule has 0 saturated heterocycles. The molecule has 2 rings (SSSR count). The number of alkyl halides is 1. The van der Waals surface area contributed by atoms with E-state index >= 15 is 0 Å². The fourth-order valence-corrected chi connectivity index (χ4v) is 2.07. The predicted octanol–water partition coefficient (Wildman–Crippen LogP) is 2.34. The zero-order chi connectivity index (χ0) is 9.97. The number of nitrogens with one attached hydrogen (secondary N) is 1. The minimum absolute atomic E-state index is 0.0226. The van der Waals surface area contributed by atoms with Crippen molar-refractivity contribution in [2.45, 2.75) is 0 Å². The largest absolute Gasteiger partial charge is 0.312 e. The van der Waals surface area contributed by atoms with Gasteiger partial charge in [0.15, 0.2) is 0 Å². The molecule has 14 heavy (non-hydrogen) atoms. The molecule has 0 unspecified atom stereocenters. The molecule has 0 fully saturated rings. The van der Waals surface area contributed by atoms with Gasteiger partial charge in [-0.15, -0.1) is 0 Å². The summed E-state index contributed by atoms with van der Waals surface area (Å²) < 4.78 is 0.955. The van der Waals surface area contributed by atoms with Crippen molar-refractivity contribution in [2.75, 3.05) is 5.33 Å². The van der Waals surface area contributed by atoms with Gasteiger partial charge in [0.1, 0.15) is 0 Å². The smallest absolute Gasteiger partial charge is 0.305 e. The van der Waals surface area contributed by atoms with Gasteiger partial charge in [0.05, 0.1) is 15.5 Å². The molecule has 0 bridgehead atoms. The average molecular weight is 268 g/mol. The molecule has 0 amide bonds. The van der Waals surface area contributed by atoms with Crippen LogP contribution in [0, 0.1) is 11.8 Å². The molecule has 2 aromatic rings. The van der Waals surface area contributed by atoms with E-state index in [1.807, 2.05) is 18.2 Å². The lowest BCUT2D eigenvalue weighted by molar-refractivity contribution is 1.41. The van der Waals surface area contributed by atoms with E-state index in [0.29, 0.717) is 5.33 Å². The van der Waals surface area contributed by atoms with Crippen LogP contribution >= 0.6 is 27.3 Å². The van der Waals surface area contributed by atoms with Gasteiger partial charge in [0.25, 0.3) is 0 Å². The van der Waals surface area contributed by atoms with Crippen molar-refractivity contribution in [3.05, 3.63) is 33.4 Å². The molecular weight excluding hydrogens is 262 g/mol. The van der Waals surface area contributed by atoms with E-state index in [1.54, 1.807) is 0 Å². The van der Waals surface area contributed by atoms with Crippen molar-refractivity contribution in [1.29, 1.82) is 0 Å². The average Bonchev–Trinajstić information content (AvgIpc) is 2.54. The third-order valence-electron chi connectivity index (χ3n) is 1.72. The van der Waals surface area contributed by atoms with Gasteiger partial charge in [0.2, 0.25) is 0 Å². The Bertz CT molecular complexity index is 573. The highest BCUT2D eigenvalue weighted by Gasteiger charge is 1.98. The summed E-state index contributed by atoms with van der Waals surface area (Å²) in [5.41, 5.74) is 1.82. The zero-order valence-electron chi connectivity index (χ0n) is 7.13. The Hall–Kier alpha value is -1.05. The third-order valence-corrected chi connectivity index (χ3v) is 2.85. The van der Waals surface area contributed by atoms with Crippen molar-refractivity contribution >= 4 is 37.5 Å². The lowest BCUT2D eigenvalue weighted by Crippen LogP contribution is -1.89. The molecule has 0 aliphatic carbocycles. The van der Waals surface area contributed by atoms with E-state index in [1.165, 1.54) is 11.3 Å². The van der Waals surface area contributed by atoms with Crippen LogP contribution in [-0.4, -0.2) is 10.3 Å². The molecule has 0 aliphatic heterocycles. The lowest BCUT2D eigenvalue weighted by Gasteiger charge is -1.89. The first-order chi connectivity index (χ1) is 6.79. The summed E-state index contributed by atoms with van der Waals surface area (Å²) in [6.45, 7) is 0. The standard InChI is InChI=1S/C10H6BrNOS/c11-5-1-2-7-3-4-8-9(6-7)14-10(13)12-8/h3-4,6H,5H2,(H,12,13). The number of hydrogen-bond acceptors (Lipinski definition) is 2. The number of aromatic nitrogens is 1. The second-order valence-electron chi connectivity index (χ2n) is 2.66. The number of hydrogen-bond donors (Lipinski definition) is 1. The molecule has 70 valence electrons. The maximum Gasteiger partial charge on any atom is 0.305 e. The van der Waals surface area contributed by atoms with Gasteiger partial charge in [-0.2, -0.15) is 0 Å². The van der Waals surface area contributed by atoms with Crippen molar-refractivity contribution < 1.29 is 0 Å². The quantitative estimate of drug-likeness (QED) is 0.577. The Morgan fingerprint density at radius 3 is 3.14 bits per heavy atom. The minimum Gasteiger partial charge on any atom is -0.312 e. The van der Waals surface area contributed by atoms with E-state index in [0.717, 1.165) is 15.8 Å². The summed E-state index contributed by atoms with van der Waals surface area (Å²) in [4.78, 5) is 13.8. The van der Waals surface area contributed by atoms with Crippen LogP contribution in [0.15, 0.2) is 23.0 Å². The fourth-order valence-electron chi connectivity index (χ4n) is 1.16. The Balaban J connectivity index is 2.55. The van der Waals surface area contributed by atoms with Gasteiger partial charge in [-0.25, -0.2) is 0 Å². The third kappa shape index (κ3) is 1.89. The molecule has 0 spiro atoms. The monoisotopic (exact) mass is 267 g/mol. The summed E-state index contributed by atoms with van der Waals surface area (Å²) in [7, 11) is 0. The number of rotatable bonds is 0. The van der Waals surface area contributed by atoms with Gasteiger partial charge in [-0.05, 0) is 18.2 Å². The van der Waals surface area contributed by atoms with Crippen molar-refractivity contribution in [1.82, 2.24) is 4.98 Å². The number of aromatic amines is 1. The number of benzene rings is 1. The van der Waals surface area contributed by atoms with Crippen LogP contribution in [0.4, 0.5) is 0 Å². The summed E-state index contributed by atoms with van der Waals surface area (Å²) in [5, 5.41) is 0.661. The Kier molecular flexibility index (Phi) is 2.71. The Labute approximate surface area is 93.1 Å². The summed E-state index contributed by atoms with van der Waals surface area (Å²) in [6, 6.07) is 5.71. The summed E-state index contributed by atoms with van der Waals surface area (Å²) >= 11 is 4.44. The van der Waals surface area contributed by atoms with Crippen LogP contribution in [0.1, 0.15) is 5.56 Å². The molecule has 0 radical (unpaired) electrons. The maximum absolute atomic E-state index is 11.0. The van der Waals surface area contributed by atoms with Gasteiger partial charge in [-0.1, -0.05) is 39.1 Å². The lowest BCUT2D eigenvalue weighted by atomic mass is 10.2. The van der Waals surface area contributed by atoms with Crippen LogP contribution in [0.5, 0.6) is 0 Å². The SMILES string of the molecule is O=c1[nH]c2ccc(C#CCBr)cc2s1. The topological polar surface area (TPSA) is 32.9 Å². The normalized spacial score (nSPS) is 9.79. The molecule has 0 saturated carbocycles. The molecule has 4 heteroatoms. The number of halogens is 1. The van der Waals surface area contributed by atoms with Gasteiger partial charge in [0, 0.05) is 5.56 Å². The zero-order valence-corrected chi connectivity index (χ0v) is 9.54. The molecule has 1 N–H and O–H groups in total.